The van der Waals surface area contributed by atoms with Crippen LogP contribution in [0.1, 0.15) is 150 Å². The molecule has 0 saturated carbocycles. The van der Waals surface area contributed by atoms with Crippen LogP contribution in [0.2, 0.25) is 0 Å². The monoisotopic (exact) mass is 528 g/mol. The molecule has 0 aromatic heterocycles. The molecule has 0 saturated heterocycles. The number of unbranched alkanes of at least 4 members (excludes halogenated alkanes) is 12. The smallest absolute Gasteiger partial charge is 0.362 e. The lowest BCUT2D eigenvalue weighted by atomic mass is 9.91. The fourth-order valence-corrected chi connectivity index (χ4v) is 6.05. The molecular formula is C30H58NO6+. The van der Waals surface area contributed by atoms with Gasteiger partial charge in [0.2, 0.25) is 0 Å². The molecule has 0 aromatic carbocycles. The average Bonchev–Trinajstić information content (AvgIpc) is 2.85. The van der Waals surface area contributed by atoms with Gasteiger partial charge in [0, 0.05) is 19.3 Å². The highest BCUT2D eigenvalue weighted by Gasteiger charge is 2.56. The van der Waals surface area contributed by atoms with Crippen molar-refractivity contribution >= 4 is 17.9 Å². The van der Waals surface area contributed by atoms with Crippen molar-refractivity contribution < 1.29 is 34.2 Å². The van der Waals surface area contributed by atoms with Crippen molar-refractivity contribution in [1.29, 1.82) is 0 Å². The van der Waals surface area contributed by atoms with Gasteiger partial charge in [-0.2, -0.15) is 0 Å². The molecule has 3 unspecified atom stereocenters. The second kappa shape index (κ2) is 21.3. The van der Waals surface area contributed by atoms with E-state index in [4.69, 9.17) is 0 Å². The Morgan fingerprint density at radius 1 is 0.459 bits per heavy atom. The second-order valence-corrected chi connectivity index (χ2v) is 10.9. The van der Waals surface area contributed by atoms with Crippen LogP contribution >= 0.6 is 0 Å². The molecule has 0 amide bonds. The van der Waals surface area contributed by atoms with Crippen LogP contribution in [0.25, 0.3) is 0 Å². The molecule has 0 aliphatic carbocycles. The molecule has 7 nitrogen and oxygen atoms in total. The molecular weight excluding hydrogens is 470 g/mol. The summed E-state index contributed by atoms with van der Waals surface area (Å²) in [6, 6.07) is -3.12. The van der Waals surface area contributed by atoms with Gasteiger partial charge >= 0.3 is 17.9 Å². The summed E-state index contributed by atoms with van der Waals surface area (Å²) in [5, 5.41) is 30.7. The largest absolute Gasteiger partial charge is 0.477 e. The van der Waals surface area contributed by atoms with Gasteiger partial charge in [0.15, 0.2) is 18.1 Å². The van der Waals surface area contributed by atoms with Gasteiger partial charge in [-0.3, -0.25) is 4.48 Å². The first-order chi connectivity index (χ1) is 17.7. The van der Waals surface area contributed by atoms with E-state index in [-0.39, 0.29) is 30.3 Å². The molecule has 0 rings (SSSR count). The number of rotatable bonds is 26. The van der Waals surface area contributed by atoms with Crippen molar-refractivity contribution in [2.75, 3.05) is 6.54 Å². The zero-order chi connectivity index (χ0) is 28.1. The molecule has 0 aliphatic heterocycles. The van der Waals surface area contributed by atoms with E-state index < -0.39 is 36.0 Å². The van der Waals surface area contributed by atoms with Gasteiger partial charge in [-0.1, -0.05) is 98.3 Å². The van der Waals surface area contributed by atoms with Gasteiger partial charge in [0.1, 0.15) is 0 Å². The molecule has 0 aromatic rings. The Bertz CT molecular complexity index is 563. The van der Waals surface area contributed by atoms with E-state index in [1.165, 1.54) is 57.8 Å². The van der Waals surface area contributed by atoms with Crippen molar-refractivity contribution in [3.05, 3.63) is 0 Å². The molecule has 0 spiro atoms. The molecule has 218 valence electrons. The SMILES string of the molecule is CCCCCCCCCCCCCCC[N+](C(CCC)C(=O)O)(C(CCC)C(=O)O)C(CCC)C(=O)O. The van der Waals surface area contributed by atoms with Crippen LogP contribution in [0.3, 0.4) is 0 Å². The third-order valence-electron chi connectivity index (χ3n) is 7.93. The lowest BCUT2D eigenvalue weighted by molar-refractivity contribution is -0.973. The van der Waals surface area contributed by atoms with Crippen molar-refractivity contribution in [2.24, 2.45) is 0 Å². The summed E-state index contributed by atoms with van der Waals surface area (Å²) >= 11 is 0. The maximum Gasteiger partial charge on any atom is 0.362 e. The maximum absolute atomic E-state index is 12.5. The van der Waals surface area contributed by atoms with Crippen LogP contribution in [0.15, 0.2) is 0 Å². The number of quaternary nitrogens is 1. The minimum atomic E-state index is -1.08. The quantitative estimate of drug-likeness (QED) is 0.0785. The molecule has 37 heavy (non-hydrogen) atoms. The normalized spacial score (nSPS) is 15.6. The van der Waals surface area contributed by atoms with E-state index in [0.717, 1.165) is 19.3 Å². The van der Waals surface area contributed by atoms with Gasteiger partial charge in [0.05, 0.1) is 6.54 Å². The van der Waals surface area contributed by atoms with Crippen LogP contribution in [0, 0.1) is 0 Å². The number of nitrogens with zero attached hydrogens (tertiary/aromatic N) is 1. The fraction of sp³-hybridized carbons (Fsp3) is 0.900. The number of carboxylic acids is 3. The zero-order valence-corrected chi connectivity index (χ0v) is 24.4. The van der Waals surface area contributed by atoms with Gasteiger partial charge in [-0.05, 0) is 32.1 Å². The molecule has 3 N–H and O–H groups in total. The van der Waals surface area contributed by atoms with Crippen LogP contribution in [-0.4, -0.2) is 62.4 Å². The van der Waals surface area contributed by atoms with Crippen molar-refractivity contribution in [1.82, 2.24) is 0 Å². The highest BCUT2D eigenvalue weighted by molar-refractivity contribution is 5.78. The lowest BCUT2D eigenvalue weighted by Gasteiger charge is -2.50. The fourth-order valence-electron chi connectivity index (χ4n) is 6.05. The molecule has 0 radical (unpaired) electrons. The minimum absolute atomic E-state index is 0.273. The Hall–Kier alpha value is -1.63. The first-order valence-electron chi connectivity index (χ1n) is 15.3. The van der Waals surface area contributed by atoms with Crippen molar-refractivity contribution in [3.8, 4) is 0 Å². The third kappa shape index (κ3) is 12.6. The summed E-state index contributed by atoms with van der Waals surface area (Å²) in [6.45, 7) is 8.14. The standard InChI is InChI=1S/C30H57NO6/c1-5-9-10-11-12-13-14-15-16-17-18-19-20-24-31(25(21-6-2)28(32)33,26(22-7-3)29(34)35)27(23-8-4)30(36)37/h25-27H,5-24H2,1-4H3,(H2-,32,33,34,35,36,37)/p+1. The maximum atomic E-state index is 12.5. The topological polar surface area (TPSA) is 112 Å². The Kier molecular flexibility index (Phi) is 20.4. The Balaban J connectivity index is 5.39. The van der Waals surface area contributed by atoms with Crippen molar-refractivity contribution in [3.63, 3.8) is 0 Å². The number of hydrogen-bond donors (Lipinski definition) is 3. The second-order valence-electron chi connectivity index (χ2n) is 10.9. The summed E-state index contributed by atoms with van der Waals surface area (Å²) < 4.78 is -0.368. The van der Waals surface area contributed by atoms with E-state index in [2.05, 4.69) is 6.92 Å². The van der Waals surface area contributed by atoms with E-state index >= 15 is 0 Å². The Labute approximate surface area is 226 Å². The van der Waals surface area contributed by atoms with Gasteiger partial charge in [-0.15, -0.1) is 0 Å². The van der Waals surface area contributed by atoms with Gasteiger partial charge in [0.25, 0.3) is 0 Å². The molecule has 0 fully saturated rings. The van der Waals surface area contributed by atoms with Gasteiger partial charge in [-0.25, -0.2) is 14.4 Å². The number of carbonyl (C=O) groups is 3. The number of aliphatic carboxylic acids is 3. The summed E-state index contributed by atoms with van der Waals surface area (Å²) in [4.78, 5) is 37.6. The zero-order valence-electron chi connectivity index (χ0n) is 24.4. The van der Waals surface area contributed by atoms with E-state index in [9.17, 15) is 29.7 Å². The Morgan fingerprint density at radius 3 is 0.973 bits per heavy atom. The van der Waals surface area contributed by atoms with E-state index in [1.807, 2.05) is 20.8 Å². The van der Waals surface area contributed by atoms with Crippen LogP contribution in [0.4, 0.5) is 0 Å². The minimum Gasteiger partial charge on any atom is -0.477 e. The predicted octanol–water partition coefficient (Wildman–Crippen LogP) is 7.65. The van der Waals surface area contributed by atoms with Crippen LogP contribution in [0.5, 0.6) is 0 Å². The first kappa shape index (κ1) is 35.4. The average molecular weight is 529 g/mol. The highest BCUT2D eigenvalue weighted by atomic mass is 16.4. The summed E-state index contributed by atoms with van der Waals surface area (Å²) in [7, 11) is 0. The summed E-state index contributed by atoms with van der Waals surface area (Å²) in [5.74, 6) is -3.25. The van der Waals surface area contributed by atoms with Gasteiger partial charge < -0.3 is 15.3 Å². The summed E-state index contributed by atoms with van der Waals surface area (Å²) in [5.41, 5.74) is 0. The van der Waals surface area contributed by atoms with Crippen molar-refractivity contribution in [2.45, 2.75) is 168 Å². The molecule has 0 heterocycles. The summed E-state index contributed by atoms with van der Waals surface area (Å²) in [6.07, 6.45) is 17.8. The van der Waals surface area contributed by atoms with Crippen LogP contribution < -0.4 is 0 Å². The number of carboxylic acid groups (broad SMARTS) is 3. The highest BCUT2D eigenvalue weighted by Crippen LogP contribution is 2.34. The number of hydrogen-bond acceptors (Lipinski definition) is 3. The first-order valence-corrected chi connectivity index (χ1v) is 15.3. The molecule has 3 atom stereocenters. The molecule has 0 aliphatic rings. The van der Waals surface area contributed by atoms with E-state index in [1.54, 1.807) is 0 Å². The lowest BCUT2D eigenvalue weighted by Crippen LogP contribution is -2.72. The van der Waals surface area contributed by atoms with E-state index in [0.29, 0.717) is 25.7 Å². The molecule has 0 bridgehead atoms. The van der Waals surface area contributed by atoms with Crippen LogP contribution in [-0.2, 0) is 14.4 Å². The predicted molar refractivity (Wildman–Crippen MR) is 150 cm³/mol. The Morgan fingerprint density at radius 2 is 0.730 bits per heavy atom. The molecule has 7 heteroatoms. The third-order valence-corrected chi connectivity index (χ3v) is 7.93.